The van der Waals surface area contributed by atoms with Gasteiger partial charge in [-0.05, 0) is 79.3 Å². The summed E-state index contributed by atoms with van der Waals surface area (Å²) in [6.45, 7) is 0.490. The number of amides is 3. The van der Waals surface area contributed by atoms with Gasteiger partial charge in [-0.2, -0.15) is 18.3 Å². The van der Waals surface area contributed by atoms with Crippen LogP contribution >= 0.6 is 21.3 Å². The molecule has 0 aromatic heterocycles. The second-order valence-corrected chi connectivity index (χ2v) is 13.1. The third-order valence-electron chi connectivity index (χ3n) is 8.95. The van der Waals surface area contributed by atoms with E-state index < -0.39 is 51.1 Å². The number of halogens is 4. The van der Waals surface area contributed by atoms with Crippen molar-refractivity contribution in [1.29, 1.82) is 3.56 Å². The van der Waals surface area contributed by atoms with E-state index in [4.69, 9.17) is 13.0 Å². The number of nitrogens with one attached hydrogen (secondary N) is 3. The van der Waals surface area contributed by atoms with E-state index in [2.05, 4.69) is 31.2 Å². The van der Waals surface area contributed by atoms with Crippen molar-refractivity contribution in [1.82, 2.24) is 10.2 Å². The molecule has 0 unspecified atom stereocenters. The normalized spacial score (nSPS) is 20.8. The second-order valence-electron chi connectivity index (χ2n) is 12.2. The number of hydrogen-bond donors (Lipinski definition) is 3. The molecule has 0 bridgehead atoms. The fourth-order valence-corrected chi connectivity index (χ4v) is 7.00. The van der Waals surface area contributed by atoms with Crippen LogP contribution in [-0.4, -0.2) is 66.6 Å². The number of carbonyl (C=O) groups is 3. The number of anilines is 1. The van der Waals surface area contributed by atoms with Gasteiger partial charge in [0.25, 0.3) is 11.8 Å². The van der Waals surface area contributed by atoms with Crippen LogP contribution in [0.2, 0.25) is 0 Å². The van der Waals surface area contributed by atoms with Crippen LogP contribution in [0.4, 0.5) is 18.9 Å². The van der Waals surface area contributed by atoms with Gasteiger partial charge in [-0.3, -0.25) is 17.9 Å². The van der Waals surface area contributed by atoms with Crippen LogP contribution in [-0.2, 0) is 28.5 Å². The van der Waals surface area contributed by atoms with Gasteiger partial charge in [-0.25, -0.2) is 0 Å². The lowest BCUT2D eigenvalue weighted by atomic mass is 9.94. The van der Waals surface area contributed by atoms with Crippen LogP contribution in [0.25, 0.3) is 0 Å². The molecule has 0 spiro atoms. The summed E-state index contributed by atoms with van der Waals surface area (Å²) in [6.07, 6.45) is -2.55. The maximum Gasteiger partial charge on any atom is 0.416 e. The maximum absolute atomic E-state index is 14.1. The first-order valence-electron chi connectivity index (χ1n) is 15.8. The van der Waals surface area contributed by atoms with Gasteiger partial charge in [0.05, 0.1) is 36.2 Å². The molecule has 2 aliphatic heterocycles. The Labute approximate surface area is 290 Å². The molecule has 15 heteroatoms. The van der Waals surface area contributed by atoms with E-state index in [0.717, 1.165) is 37.1 Å². The lowest BCUT2D eigenvalue weighted by Gasteiger charge is -2.43. The van der Waals surface area contributed by atoms with E-state index in [1.54, 1.807) is 17.0 Å². The van der Waals surface area contributed by atoms with E-state index in [0.29, 0.717) is 12.8 Å². The molecule has 3 amide bonds. The van der Waals surface area contributed by atoms with Crippen LogP contribution in [0.5, 0.6) is 5.75 Å². The molecule has 6 rings (SSSR count). The molecule has 258 valence electrons. The highest BCUT2D eigenvalue weighted by molar-refractivity contribution is 14.1. The first-order valence-corrected chi connectivity index (χ1v) is 17.9. The smallest absolute Gasteiger partial charge is 0.416 e. The van der Waals surface area contributed by atoms with Crippen molar-refractivity contribution in [3.8, 4) is 5.75 Å². The average molecular weight is 791 g/mol. The summed E-state index contributed by atoms with van der Waals surface area (Å²) in [7, 11) is 0. The van der Waals surface area contributed by atoms with Crippen molar-refractivity contribution < 1.29 is 37.0 Å². The SMILES string of the molecule is N=IN=NCCN1C(=O)c2cc(NC(=O)c3ccc(C(F)(F)F)cc3)ccc2OC[C@@H]2O[C@H](CC(=O)NC3Cc4ccccc4C3)CC[C@@H]21. The Hall–Kier alpha value is -4.25. The molecule has 3 N–H and O–H groups in total. The predicted octanol–water partition coefficient (Wildman–Crippen LogP) is 6.48. The molecule has 49 heavy (non-hydrogen) atoms. The lowest BCUT2D eigenvalue weighted by Crippen LogP contribution is -2.56. The standard InChI is InChI=1S/C34H34F3IN6O5/c35-34(36,37)23-7-5-20(6-8-23)32(46)42-24-9-12-29-27(17-24)33(47)44(14-13-40-43-38-39)28-11-10-26(49-30(28)19-48-29)18-31(45)41-25-15-21-3-1-2-4-22(21)16-25/h1-9,12,17,25-26,28,30,39H,10-11,13-16,18-19H2,(H,41,45)(H,42,46)/t26-,28-,30-/m0/s1. The zero-order valence-corrected chi connectivity index (χ0v) is 28.4. The molecule has 1 aliphatic carbocycles. The quantitative estimate of drug-likeness (QED) is 0.168. The van der Waals surface area contributed by atoms with Crippen molar-refractivity contribution >= 4 is 44.7 Å². The minimum Gasteiger partial charge on any atom is -0.490 e. The van der Waals surface area contributed by atoms with E-state index in [1.165, 1.54) is 17.2 Å². The van der Waals surface area contributed by atoms with Crippen LogP contribution in [0, 0.1) is 3.56 Å². The first-order chi connectivity index (χ1) is 23.6. The summed E-state index contributed by atoms with van der Waals surface area (Å²) in [5.41, 5.74) is 2.09. The number of rotatable bonds is 9. The van der Waals surface area contributed by atoms with E-state index in [-0.39, 0.29) is 72.6 Å². The predicted molar refractivity (Wildman–Crippen MR) is 181 cm³/mol. The molecule has 3 aliphatic rings. The summed E-state index contributed by atoms with van der Waals surface area (Å²) < 4.78 is 62.6. The molecule has 3 aromatic rings. The van der Waals surface area contributed by atoms with Gasteiger partial charge in [-0.15, -0.1) is 3.33 Å². The Morgan fingerprint density at radius 1 is 1.02 bits per heavy atom. The molecule has 0 saturated carbocycles. The Bertz CT molecular complexity index is 1730. The minimum atomic E-state index is -4.53. The number of benzene rings is 3. The van der Waals surface area contributed by atoms with Gasteiger partial charge in [0.15, 0.2) is 21.3 Å². The van der Waals surface area contributed by atoms with E-state index >= 15 is 0 Å². The van der Waals surface area contributed by atoms with Crippen LogP contribution in [0.1, 0.15) is 56.7 Å². The summed E-state index contributed by atoms with van der Waals surface area (Å²) in [4.78, 5) is 41.7. The highest BCUT2D eigenvalue weighted by Crippen LogP contribution is 2.34. The minimum absolute atomic E-state index is 0.0188. The number of carbonyl (C=O) groups excluding carboxylic acids is 3. The Morgan fingerprint density at radius 3 is 2.45 bits per heavy atom. The number of fused-ring (bicyclic) bond motifs is 3. The molecule has 11 nitrogen and oxygen atoms in total. The highest BCUT2D eigenvalue weighted by Gasteiger charge is 2.41. The molecule has 3 aromatic carbocycles. The average Bonchev–Trinajstić information content (AvgIpc) is 3.49. The topological polar surface area (TPSA) is 146 Å². The molecular weight excluding hydrogens is 756 g/mol. The number of alkyl halides is 3. The number of nitrogens with zero attached hydrogens (tertiary/aromatic N) is 3. The van der Waals surface area contributed by atoms with E-state index in [1.807, 2.05) is 12.1 Å². The summed E-state index contributed by atoms with van der Waals surface area (Å²) in [6, 6.07) is 16.2. The molecule has 2 heterocycles. The largest absolute Gasteiger partial charge is 0.490 e. The summed E-state index contributed by atoms with van der Waals surface area (Å²) >= 11 is -1.15. The highest BCUT2D eigenvalue weighted by atomic mass is 127. The fourth-order valence-electron chi connectivity index (χ4n) is 6.64. The monoisotopic (exact) mass is 790 g/mol. The van der Waals surface area contributed by atoms with Crippen LogP contribution in [0.15, 0.2) is 75.2 Å². The Morgan fingerprint density at radius 2 is 1.76 bits per heavy atom. The second kappa shape index (κ2) is 15.1. The number of hydrogen-bond acceptors (Lipinski definition) is 7. The zero-order valence-electron chi connectivity index (χ0n) is 26.2. The van der Waals surface area contributed by atoms with Gasteiger partial charge in [0.2, 0.25) is 5.91 Å². The fraction of sp³-hybridized carbons (Fsp3) is 0.382. The van der Waals surface area contributed by atoms with Gasteiger partial charge in [-0.1, -0.05) is 24.3 Å². The van der Waals surface area contributed by atoms with Crippen LogP contribution in [0.3, 0.4) is 0 Å². The lowest BCUT2D eigenvalue weighted by molar-refractivity contribution is -0.137. The first kappa shape index (κ1) is 34.6. The Balaban J connectivity index is 1.14. The molecular formula is C34H34F3IN6O5. The van der Waals surface area contributed by atoms with Crippen LogP contribution < -0.4 is 15.4 Å². The summed E-state index contributed by atoms with van der Waals surface area (Å²) in [5, 5.41) is 9.83. The molecule has 0 radical (unpaired) electrons. The van der Waals surface area contributed by atoms with Crippen molar-refractivity contribution in [3.05, 3.63) is 94.5 Å². The third kappa shape index (κ3) is 8.32. The number of ether oxygens (including phenoxy) is 2. The van der Waals surface area contributed by atoms with Gasteiger partial charge >= 0.3 is 6.18 Å². The van der Waals surface area contributed by atoms with Gasteiger partial charge in [0.1, 0.15) is 18.5 Å². The zero-order chi connectivity index (χ0) is 34.5. The molecule has 1 saturated heterocycles. The maximum atomic E-state index is 14.1. The van der Waals surface area contributed by atoms with Crippen molar-refractivity contribution in [2.45, 2.75) is 62.6 Å². The van der Waals surface area contributed by atoms with Crippen molar-refractivity contribution in [2.24, 2.45) is 8.44 Å². The molecule has 3 atom stereocenters. The van der Waals surface area contributed by atoms with E-state index in [9.17, 15) is 27.6 Å². The van der Waals surface area contributed by atoms with Crippen molar-refractivity contribution in [2.75, 3.05) is 25.0 Å². The van der Waals surface area contributed by atoms with Gasteiger partial charge < -0.3 is 25.0 Å². The third-order valence-corrected chi connectivity index (χ3v) is 9.47. The molecule has 1 fully saturated rings. The Kier molecular flexibility index (Phi) is 10.7. The summed E-state index contributed by atoms with van der Waals surface area (Å²) in [5.74, 6) is -0.844. The van der Waals surface area contributed by atoms with Gasteiger partial charge in [0, 0.05) is 23.8 Å². The van der Waals surface area contributed by atoms with Crippen molar-refractivity contribution in [3.63, 3.8) is 0 Å².